The largest absolute Gasteiger partial charge is 0.198 e. The van der Waals surface area contributed by atoms with Crippen LogP contribution in [0.25, 0.3) is 0 Å². The Morgan fingerprint density at radius 2 is 2.33 bits per heavy atom. The summed E-state index contributed by atoms with van der Waals surface area (Å²) < 4.78 is 0. The minimum atomic E-state index is 0.0451. The van der Waals surface area contributed by atoms with Crippen molar-refractivity contribution < 1.29 is 0 Å². The van der Waals surface area contributed by atoms with Crippen molar-refractivity contribution in [1.29, 1.82) is 10.5 Å². The van der Waals surface area contributed by atoms with Crippen LogP contribution in [-0.2, 0) is 0 Å². The lowest BCUT2D eigenvalue weighted by Gasteiger charge is -1.97. The van der Waals surface area contributed by atoms with Crippen LogP contribution in [0.3, 0.4) is 0 Å². The van der Waals surface area contributed by atoms with E-state index in [0.717, 1.165) is 6.42 Å². The molecule has 0 N–H and O–H groups in total. The van der Waals surface area contributed by atoms with Crippen molar-refractivity contribution in [3.63, 3.8) is 0 Å². The molecule has 0 saturated heterocycles. The lowest BCUT2D eigenvalue weighted by Crippen LogP contribution is -1.93. The van der Waals surface area contributed by atoms with Gasteiger partial charge in [-0.25, -0.2) is 0 Å². The summed E-state index contributed by atoms with van der Waals surface area (Å²) in [5.74, 6) is 0.150. The standard InChI is InChI=1S/C7H8N2/c1-7(2-3-8)4-6(7)5-9/h6H,2,4H2,1H3/t6?,7-/m0/s1. The average molecular weight is 120 g/mol. The van der Waals surface area contributed by atoms with Gasteiger partial charge in [0.2, 0.25) is 0 Å². The first kappa shape index (κ1) is 6.11. The molecule has 2 atom stereocenters. The Hall–Kier alpha value is -1.02. The molecule has 0 spiro atoms. The van der Waals surface area contributed by atoms with Gasteiger partial charge >= 0.3 is 0 Å². The summed E-state index contributed by atoms with van der Waals surface area (Å²) in [5.41, 5.74) is 0.0451. The third kappa shape index (κ3) is 0.886. The molecule has 2 nitrogen and oxygen atoms in total. The zero-order chi connectivity index (χ0) is 6.91. The minimum absolute atomic E-state index is 0.0451. The molecule has 46 valence electrons. The molecule has 0 aliphatic heterocycles. The highest BCUT2D eigenvalue weighted by atomic mass is 14.5. The maximum atomic E-state index is 8.41. The van der Waals surface area contributed by atoms with Crippen LogP contribution in [0.4, 0.5) is 0 Å². The molecule has 1 fully saturated rings. The molecule has 0 aromatic carbocycles. The van der Waals surface area contributed by atoms with E-state index in [1.807, 2.05) is 6.92 Å². The summed E-state index contributed by atoms with van der Waals surface area (Å²) >= 11 is 0. The topological polar surface area (TPSA) is 47.6 Å². The van der Waals surface area contributed by atoms with E-state index in [-0.39, 0.29) is 11.3 Å². The fraction of sp³-hybridized carbons (Fsp3) is 0.714. The van der Waals surface area contributed by atoms with Gasteiger partial charge in [0.15, 0.2) is 0 Å². The predicted molar refractivity (Wildman–Crippen MR) is 32.1 cm³/mol. The Labute approximate surface area is 54.7 Å². The molecule has 0 aromatic rings. The van der Waals surface area contributed by atoms with E-state index in [1.165, 1.54) is 0 Å². The molecule has 0 bridgehead atoms. The molecule has 1 rings (SSSR count). The number of hydrogen-bond donors (Lipinski definition) is 0. The molecule has 0 radical (unpaired) electrons. The lowest BCUT2D eigenvalue weighted by atomic mass is 10.0. The lowest BCUT2D eigenvalue weighted by molar-refractivity contribution is 0.559. The number of nitrogens with zero attached hydrogens (tertiary/aromatic N) is 2. The highest BCUT2D eigenvalue weighted by molar-refractivity contribution is 5.12. The first-order valence-corrected chi connectivity index (χ1v) is 2.99. The van der Waals surface area contributed by atoms with Crippen LogP contribution in [0.15, 0.2) is 0 Å². The highest BCUT2D eigenvalue weighted by Gasteiger charge is 2.50. The Balaban J connectivity index is 2.47. The zero-order valence-electron chi connectivity index (χ0n) is 5.39. The van der Waals surface area contributed by atoms with Crippen molar-refractivity contribution in [2.45, 2.75) is 19.8 Å². The maximum absolute atomic E-state index is 8.41. The summed E-state index contributed by atoms with van der Waals surface area (Å²) in [6, 6.07) is 4.25. The number of nitriles is 2. The quantitative estimate of drug-likeness (QED) is 0.525. The first-order chi connectivity index (χ1) is 4.23. The first-order valence-electron chi connectivity index (χ1n) is 2.99. The third-order valence-corrected chi connectivity index (χ3v) is 1.99. The van der Waals surface area contributed by atoms with E-state index in [1.54, 1.807) is 0 Å². The van der Waals surface area contributed by atoms with Crippen molar-refractivity contribution in [1.82, 2.24) is 0 Å². The van der Waals surface area contributed by atoms with Gasteiger partial charge in [0.05, 0.1) is 18.1 Å². The SMILES string of the molecule is C[C@]1(CC#N)CC1C#N. The van der Waals surface area contributed by atoms with Crippen LogP contribution in [0, 0.1) is 34.0 Å². The van der Waals surface area contributed by atoms with Crippen LogP contribution in [0.1, 0.15) is 19.8 Å². The van der Waals surface area contributed by atoms with E-state index in [9.17, 15) is 0 Å². The smallest absolute Gasteiger partial charge is 0.0662 e. The van der Waals surface area contributed by atoms with Gasteiger partial charge in [-0.2, -0.15) is 10.5 Å². The Morgan fingerprint density at radius 3 is 2.67 bits per heavy atom. The van der Waals surface area contributed by atoms with Gasteiger partial charge in [-0.05, 0) is 11.8 Å². The molecule has 1 aliphatic carbocycles. The van der Waals surface area contributed by atoms with Crippen LogP contribution < -0.4 is 0 Å². The van der Waals surface area contributed by atoms with Gasteiger partial charge in [0.25, 0.3) is 0 Å². The van der Waals surface area contributed by atoms with Crippen molar-refractivity contribution in [2.75, 3.05) is 0 Å². The fourth-order valence-corrected chi connectivity index (χ4v) is 0.985. The Morgan fingerprint density at radius 1 is 1.67 bits per heavy atom. The molecule has 0 amide bonds. The van der Waals surface area contributed by atoms with Crippen LogP contribution in [-0.4, -0.2) is 0 Å². The van der Waals surface area contributed by atoms with E-state index in [2.05, 4.69) is 12.1 Å². The van der Waals surface area contributed by atoms with Gasteiger partial charge < -0.3 is 0 Å². The van der Waals surface area contributed by atoms with Gasteiger partial charge in [-0.1, -0.05) is 6.92 Å². The molecule has 2 heteroatoms. The van der Waals surface area contributed by atoms with Gasteiger partial charge in [-0.15, -0.1) is 0 Å². The van der Waals surface area contributed by atoms with Crippen LogP contribution in [0.5, 0.6) is 0 Å². The Bertz CT molecular complexity index is 196. The zero-order valence-corrected chi connectivity index (χ0v) is 5.39. The van der Waals surface area contributed by atoms with Crippen molar-refractivity contribution in [3.05, 3.63) is 0 Å². The average Bonchev–Trinajstić information content (AvgIpc) is 2.43. The normalized spacial score (nSPS) is 38.8. The second kappa shape index (κ2) is 1.74. The molecule has 0 heterocycles. The molecular formula is C7H8N2. The van der Waals surface area contributed by atoms with Gasteiger partial charge in [0, 0.05) is 6.42 Å². The van der Waals surface area contributed by atoms with Crippen LogP contribution in [0.2, 0.25) is 0 Å². The summed E-state index contributed by atoms with van der Waals surface area (Å²) in [4.78, 5) is 0. The summed E-state index contributed by atoms with van der Waals surface area (Å²) in [6.07, 6.45) is 1.45. The van der Waals surface area contributed by atoms with Crippen molar-refractivity contribution in [2.24, 2.45) is 11.3 Å². The second-order valence-electron chi connectivity index (χ2n) is 2.87. The molecule has 1 unspecified atom stereocenters. The highest BCUT2D eigenvalue weighted by Crippen LogP contribution is 2.53. The predicted octanol–water partition coefficient (Wildman–Crippen LogP) is 1.45. The van der Waals surface area contributed by atoms with E-state index in [4.69, 9.17) is 10.5 Å². The van der Waals surface area contributed by atoms with Crippen molar-refractivity contribution in [3.8, 4) is 12.1 Å². The molecular weight excluding hydrogens is 112 g/mol. The Kier molecular flexibility index (Phi) is 1.18. The van der Waals surface area contributed by atoms with E-state index < -0.39 is 0 Å². The molecule has 1 aliphatic rings. The maximum Gasteiger partial charge on any atom is 0.0662 e. The number of hydrogen-bond acceptors (Lipinski definition) is 2. The summed E-state index contributed by atoms with van der Waals surface area (Å²) in [7, 11) is 0. The minimum Gasteiger partial charge on any atom is -0.198 e. The summed E-state index contributed by atoms with van der Waals surface area (Å²) in [5, 5.41) is 16.7. The fourth-order valence-electron chi connectivity index (χ4n) is 0.985. The van der Waals surface area contributed by atoms with E-state index in [0.29, 0.717) is 6.42 Å². The third-order valence-electron chi connectivity index (χ3n) is 1.99. The monoisotopic (exact) mass is 120 g/mol. The van der Waals surface area contributed by atoms with E-state index >= 15 is 0 Å². The molecule has 1 saturated carbocycles. The summed E-state index contributed by atoms with van der Waals surface area (Å²) in [6.45, 7) is 1.99. The van der Waals surface area contributed by atoms with Gasteiger partial charge in [-0.3, -0.25) is 0 Å². The molecule has 0 aromatic heterocycles. The van der Waals surface area contributed by atoms with Crippen LogP contribution >= 0.6 is 0 Å². The number of rotatable bonds is 1. The second-order valence-corrected chi connectivity index (χ2v) is 2.87. The van der Waals surface area contributed by atoms with Gasteiger partial charge in [0.1, 0.15) is 0 Å². The molecule has 9 heavy (non-hydrogen) atoms. The van der Waals surface area contributed by atoms with Crippen molar-refractivity contribution >= 4 is 0 Å².